The van der Waals surface area contributed by atoms with Gasteiger partial charge in [-0.3, -0.25) is 0 Å². The number of rotatable bonds is 6. The van der Waals surface area contributed by atoms with Gasteiger partial charge in [0.25, 0.3) is 0 Å². The van der Waals surface area contributed by atoms with Gasteiger partial charge in [-0.1, -0.05) is 6.92 Å². The molecule has 6 heteroatoms. The third kappa shape index (κ3) is 6.29. The zero-order valence-corrected chi connectivity index (χ0v) is 16.3. The van der Waals surface area contributed by atoms with E-state index in [1.807, 2.05) is 32.9 Å². The lowest BCUT2D eigenvalue weighted by atomic mass is 10.1. The number of likely N-dealkylation sites (N-methyl/N-ethyl adjacent to an activating group) is 1. The second-order valence-corrected chi connectivity index (χ2v) is 7.05. The highest BCUT2D eigenvalue weighted by Crippen LogP contribution is 2.33. The first-order chi connectivity index (χ1) is 10.7. The molecule has 0 saturated heterocycles. The van der Waals surface area contributed by atoms with Gasteiger partial charge in [-0.15, -0.1) is 0 Å². The van der Waals surface area contributed by atoms with Crippen molar-refractivity contribution in [1.82, 2.24) is 4.90 Å². The number of benzene rings is 1. The molecule has 1 aromatic carbocycles. The Morgan fingerprint density at radius 2 is 1.91 bits per heavy atom. The number of hydrogen-bond donors (Lipinski definition) is 0. The fourth-order valence-electron chi connectivity index (χ4n) is 1.87. The van der Waals surface area contributed by atoms with Crippen molar-refractivity contribution in [3.8, 4) is 11.5 Å². The maximum atomic E-state index is 11.9. The highest BCUT2D eigenvalue weighted by atomic mass is 79.9. The summed E-state index contributed by atoms with van der Waals surface area (Å²) >= 11 is 3.47. The van der Waals surface area contributed by atoms with Crippen LogP contribution in [0.4, 0.5) is 4.79 Å². The molecule has 0 atom stereocenters. The Morgan fingerprint density at radius 1 is 1.26 bits per heavy atom. The molecule has 0 aliphatic rings. The van der Waals surface area contributed by atoms with Crippen LogP contribution in [0.2, 0.25) is 0 Å². The molecule has 0 unspecified atom stereocenters. The standard InChI is InChI=1S/C17H26BrNO4/c1-7-12-10-13(18)15(21-6)11-14(12)22-9-8-19(5)16(20)23-17(2,3)4/h10-11H,7-9H2,1-6H3. The largest absolute Gasteiger partial charge is 0.495 e. The van der Waals surface area contributed by atoms with E-state index in [-0.39, 0.29) is 6.09 Å². The van der Waals surface area contributed by atoms with E-state index < -0.39 is 5.60 Å². The molecule has 0 N–H and O–H groups in total. The minimum absolute atomic E-state index is 0.356. The van der Waals surface area contributed by atoms with E-state index in [0.717, 1.165) is 28.0 Å². The van der Waals surface area contributed by atoms with Crippen LogP contribution >= 0.6 is 15.9 Å². The summed E-state index contributed by atoms with van der Waals surface area (Å²) in [5.74, 6) is 1.49. The quantitative estimate of drug-likeness (QED) is 0.731. The number of hydrogen-bond acceptors (Lipinski definition) is 4. The molecular formula is C17H26BrNO4. The van der Waals surface area contributed by atoms with Gasteiger partial charge in [0.15, 0.2) is 0 Å². The predicted octanol–water partition coefficient (Wildman–Crippen LogP) is 4.27. The molecule has 0 aromatic heterocycles. The van der Waals surface area contributed by atoms with Gasteiger partial charge in [0.1, 0.15) is 23.7 Å². The first-order valence-electron chi connectivity index (χ1n) is 7.61. The Labute approximate surface area is 147 Å². The molecule has 130 valence electrons. The van der Waals surface area contributed by atoms with Crippen LogP contribution in [-0.4, -0.2) is 43.9 Å². The maximum Gasteiger partial charge on any atom is 0.410 e. The van der Waals surface area contributed by atoms with Crippen LogP contribution in [0.3, 0.4) is 0 Å². The third-order valence-electron chi connectivity index (χ3n) is 3.11. The average molecular weight is 388 g/mol. The second-order valence-electron chi connectivity index (χ2n) is 6.20. The summed E-state index contributed by atoms with van der Waals surface area (Å²) in [5, 5.41) is 0. The number of halogens is 1. The molecule has 0 aliphatic carbocycles. The molecule has 1 amide bonds. The number of carbonyl (C=O) groups is 1. The minimum atomic E-state index is -0.499. The lowest BCUT2D eigenvalue weighted by Crippen LogP contribution is -2.36. The molecule has 0 fully saturated rings. The zero-order valence-electron chi connectivity index (χ0n) is 14.7. The van der Waals surface area contributed by atoms with E-state index in [1.165, 1.54) is 4.90 Å². The molecule has 1 aromatic rings. The van der Waals surface area contributed by atoms with Crippen molar-refractivity contribution in [2.75, 3.05) is 27.3 Å². The molecule has 5 nitrogen and oxygen atoms in total. The van der Waals surface area contributed by atoms with Gasteiger partial charge in [0.2, 0.25) is 0 Å². The SMILES string of the molecule is CCc1cc(Br)c(OC)cc1OCCN(C)C(=O)OC(C)(C)C. The Hall–Kier alpha value is -1.43. The van der Waals surface area contributed by atoms with Crippen LogP contribution in [0, 0.1) is 0 Å². The Balaban J connectivity index is 2.63. The van der Waals surface area contributed by atoms with Gasteiger partial charge in [-0.2, -0.15) is 0 Å². The van der Waals surface area contributed by atoms with Gasteiger partial charge in [0.05, 0.1) is 18.1 Å². The summed E-state index contributed by atoms with van der Waals surface area (Å²) in [4.78, 5) is 13.4. The van der Waals surface area contributed by atoms with Crippen LogP contribution in [0.1, 0.15) is 33.3 Å². The molecule has 1 rings (SSSR count). The number of nitrogens with zero attached hydrogens (tertiary/aromatic N) is 1. The summed E-state index contributed by atoms with van der Waals surface area (Å²) in [6.45, 7) is 8.42. The van der Waals surface area contributed by atoms with Gasteiger partial charge < -0.3 is 19.1 Å². The fourth-order valence-corrected chi connectivity index (χ4v) is 2.42. The Morgan fingerprint density at radius 3 is 2.43 bits per heavy atom. The van der Waals surface area contributed by atoms with Crippen molar-refractivity contribution in [3.63, 3.8) is 0 Å². The van der Waals surface area contributed by atoms with E-state index in [4.69, 9.17) is 14.2 Å². The van der Waals surface area contributed by atoms with Crippen molar-refractivity contribution in [2.45, 2.75) is 39.7 Å². The van der Waals surface area contributed by atoms with Crippen molar-refractivity contribution >= 4 is 22.0 Å². The predicted molar refractivity (Wildman–Crippen MR) is 94.4 cm³/mol. The summed E-state index contributed by atoms with van der Waals surface area (Å²) < 4.78 is 17.3. The fraction of sp³-hybridized carbons (Fsp3) is 0.588. The minimum Gasteiger partial charge on any atom is -0.495 e. The number of amides is 1. The van der Waals surface area contributed by atoms with Crippen LogP contribution in [0.15, 0.2) is 16.6 Å². The normalized spacial score (nSPS) is 11.1. The van der Waals surface area contributed by atoms with E-state index >= 15 is 0 Å². The topological polar surface area (TPSA) is 48.0 Å². The highest BCUT2D eigenvalue weighted by Gasteiger charge is 2.19. The molecule has 0 spiro atoms. The van der Waals surface area contributed by atoms with E-state index in [0.29, 0.717) is 13.2 Å². The van der Waals surface area contributed by atoms with Crippen molar-refractivity contribution < 1.29 is 19.0 Å². The Kier molecular flexibility index (Phi) is 7.19. The first-order valence-corrected chi connectivity index (χ1v) is 8.40. The first kappa shape index (κ1) is 19.6. The summed E-state index contributed by atoms with van der Waals surface area (Å²) in [6.07, 6.45) is 0.491. The lowest BCUT2D eigenvalue weighted by Gasteiger charge is -2.24. The molecule has 23 heavy (non-hydrogen) atoms. The van der Waals surface area contributed by atoms with Gasteiger partial charge >= 0.3 is 6.09 Å². The summed E-state index contributed by atoms with van der Waals surface area (Å²) in [5.41, 5.74) is 0.582. The van der Waals surface area contributed by atoms with E-state index in [1.54, 1.807) is 14.2 Å². The Bertz CT molecular complexity index is 540. The van der Waals surface area contributed by atoms with Crippen LogP contribution in [0.25, 0.3) is 0 Å². The van der Waals surface area contributed by atoms with E-state index in [2.05, 4.69) is 22.9 Å². The van der Waals surface area contributed by atoms with Crippen molar-refractivity contribution in [1.29, 1.82) is 0 Å². The monoisotopic (exact) mass is 387 g/mol. The second kappa shape index (κ2) is 8.43. The molecule has 0 aliphatic heterocycles. The number of methoxy groups -OCH3 is 1. The van der Waals surface area contributed by atoms with Crippen LogP contribution in [-0.2, 0) is 11.2 Å². The molecule has 0 radical (unpaired) electrons. The highest BCUT2D eigenvalue weighted by molar-refractivity contribution is 9.10. The molecule has 0 saturated carbocycles. The van der Waals surface area contributed by atoms with Gasteiger partial charge in [0, 0.05) is 13.1 Å². The third-order valence-corrected chi connectivity index (χ3v) is 3.72. The smallest absolute Gasteiger partial charge is 0.410 e. The van der Waals surface area contributed by atoms with Gasteiger partial charge in [-0.05, 0) is 54.8 Å². The van der Waals surface area contributed by atoms with E-state index in [9.17, 15) is 4.79 Å². The summed E-state index contributed by atoms with van der Waals surface area (Å²) in [7, 11) is 3.31. The number of carbonyl (C=O) groups excluding carboxylic acids is 1. The maximum absolute atomic E-state index is 11.9. The van der Waals surface area contributed by atoms with Crippen LogP contribution in [0.5, 0.6) is 11.5 Å². The van der Waals surface area contributed by atoms with Crippen LogP contribution < -0.4 is 9.47 Å². The molecule has 0 bridgehead atoms. The summed E-state index contributed by atoms with van der Waals surface area (Å²) in [6, 6.07) is 3.85. The van der Waals surface area contributed by atoms with Gasteiger partial charge in [-0.25, -0.2) is 4.79 Å². The van der Waals surface area contributed by atoms with Crippen molar-refractivity contribution in [3.05, 3.63) is 22.2 Å². The number of ether oxygens (including phenoxy) is 3. The average Bonchev–Trinajstić information content (AvgIpc) is 2.46. The molecule has 0 heterocycles. The van der Waals surface area contributed by atoms with Crippen molar-refractivity contribution in [2.24, 2.45) is 0 Å². The lowest BCUT2D eigenvalue weighted by molar-refractivity contribution is 0.0278. The zero-order chi connectivity index (χ0) is 17.6. The number of aryl methyl sites for hydroxylation is 1. The molecular weight excluding hydrogens is 362 g/mol.